The molecule has 0 saturated heterocycles. The predicted octanol–water partition coefficient (Wildman–Crippen LogP) is 1.19. The van der Waals surface area contributed by atoms with Crippen LogP contribution in [0.1, 0.15) is 28.5 Å². The van der Waals surface area contributed by atoms with Gasteiger partial charge in [-0.2, -0.15) is 0 Å². The third-order valence-electron chi connectivity index (χ3n) is 1.81. The van der Waals surface area contributed by atoms with Crippen LogP contribution < -0.4 is 5.73 Å². The normalized spacial score (nSPS) is 12.6. The first-order chi connectivity index (χ1) is 6.54. The SMILES string of the molecule is COC(=O)Cc1nc(C)c(C(C)N)s1. The number of nitrogens with zero attached hydrogens (tertiary/aromatic N) is 1. The van der Waals surface area contributed by atoms with E-state index in [2.05, 4.69) is 9.72 Å². The minimum Gasteiger partial charge on any atom is -0.469 e. The van der Waals surface area contributed by atoms with Crippen molar-refractivity contribution in [3.05, 3.63) is 15.6 Å². The van der Waals surface area contributed by atoms with Gasteiger partial charge in [0, 0.05) is 10.9 Å². The van der Waals surface area contributed by atoms with Gasteiger partial charge in [0.25, 0.3) is 0 Å². The molecule has 1 heterocycles. The second kappa shape index (κ2) is 4.52. The van der Waals surface area contributed by atoms with Gasteiger partial charge in [0.15, 0.2) is 0 Å². The molecule has 2 N–H and O–H groups in total. The molecule has 1 atom stereocenters. The number of thiazole rings is 1. The van der Waals surface area contributed by atoms with Gasteiger partial charge in [-0.15, -0.1) is 11.3 Å². The summed E-state index contributed by atoms with van der Waals surface area (Å²) in [5, 5.41) is 0.765. The van der Waals surface area contributed by atoms with Crippen molar-refractivity contribution in [3.63, 3.8) is 0 Å². The van der Waals surface area contributed by atoms with E-state index >= 15 is 0 Å². The molecule has 0 saturated carbocycles. The third-order valence-corrected chi connectivity index (χ3v) is 3.17. The Hall–Kier alpha value is -0.940. The Morgan fingerprint density at radius 3 is 2.79 bits per heavy atom. The van der Waals surface area contributed by atoms with Gasteiger partial charge >= 0.3 is 5.97 Å². The van der Waals surface area contributed by atoms with Crippen LogP contribution in [0.15, 0.2) is 0 Å². The van der Waals surface area contributed by atoms with E-state index in [1.807, 2.05) is 13.8 Å². The maximum absolute atomic E-state index is 11.0. The highest BCUT2D eigenvalue weighted by Crippen LogP contribution is 2.23. The van der Waals surface area contributed by atoms with Crippen molar-refractivity contribution in [3.8, 4) is 0 Å². The molecule has 1 aromatic heterocycles. The van der Waals surface area contributed by atoms with Gasteiger partial charge in [-0.05, 0) is 13.8 Å². The molecule has 78 valence electrons. The van der Waals surface area contributed by atoms with E-state index in [0.29, 0.717) is 0 Å². The number of esters is 1. The number of aryl methyl sites for hydroxylation is 1. The monoisotopic (exact) mass is 214 g/mol. The van der Waals surface area contributed by atoms with Gasteiger partial charge in [0.2, 0.25) is 0 Å². The Kier molecular flexibility index (Phi) is 3.60. The maximum atomic E-state index is 11.0. The molecule has 0 amide bonds. The van der Waals surface area contributed by atoms with Gasteiger partial charge < -0.3 is 10.5 Å². The lowest BCUT2D eigenvalue weighted by Gasteiger charge is -1.99. The van der Waals surface area contributed by atoms with E-state index in [9.17, 15) is 4.79 Å². The Labute approximate surface area is 87.1 Å². The van der Waals surface area contributed by atoms with Gasteiger partial charge in [-0.25, -0.2) is 4.98 Å². The standard InChI is InChI=1S/C9H14N2O2S/c1-5(10)9-6(2)11-7(14-9)4-8(12)13-3/h5H,4,10H2,1-3H3. The summed E-state index contributed by atoms with van der Waals surface area (Å²) in [6.45, 7) is 3.80. The molecule has 0 bridgehead atoms. The van der Waals surface area contributed by atoms with Crippen molar-refractivity contribution in [2.75, 3.05) is 7.11 Å². The van der Waals surface area contributed by atoms with Crippen LogP contribution in [-0.2, 0) is 16.0 Å². The Bertz CT molecular complexity index is 334. The molecule has 0 spiro atoms. The fraction of sp³-hybridized carbons (Fsp3) is 0.556. The van der Waals surface area contributed by atoms with Crippen molar-refractivity contribution < 1.29 is 9.53 Å². The van der Waals surface area contributed by atoms with Crippen molar-refractivity contribution in [1.29, 1.82) is 0 Å². The van der Waals surface area contributed by atoms with Crippen LogP contribution in [0.5, 0.6) is 0 Å². The molecule has 0 aliphatic carbocycles. The molecule has 0 radical (unpaired) electrons. The summed E-state index contributed by atoms with van der Waals surface area (Å²) in [6, 6.07) is -0.0288. The minimum atomic E-state index is -0.269. The molecule has 5 heteroatoms. The fourth-order valence-electron chi connectivity index (χ4n) is 1.16. The number of ether oxygens (including phenoxy) is 1. The highest BCUT2D eigenvalue weighted by molar-refractivity contribution is 7.11. The lowest BCUT2D eigenvalue weighted by Crippen LogP contribution is -2.03. The number of methoxy groups -OCH3 is 1. The van der Waals surface area contributed by atoms with Crippen LogP contribution in [0, 0.1) is 6.92 Å². The van der Waals surface area contributed by atoms with Gasteiger partial charge in [-0.3, -0.25) is 4.79 Å². The summed E-state index contributed by atoms with van der Waals surface area (Å²) >= 11 is 1.47. The lowest BCUT2D eigenvalue weighted by atomic mass is 10.2. The van der Waals surface area contributed by atoms with Crippen LogP contribution >= 0.6 is 11.3 Å². The Balaban J connectivity index is 2.81. The number of hydrogen-bond donors (Lipinski definition) is 1. The second-order valence-corrected chi connectivity index (χ2v) is 4.21. The van der Waals surface area contributed by atoms with Crippen molar-refractivity contribution in [2.45, 2.75) is 26.3 Å². The van der Waals surface area contributed by atoms with Crippen LogP contribution in [0.4, 0.5) is 0 Å². The van der Waals surface area contributed by atoms with E-state index in [0.717, 1.165) is 15.6 Å². The molecule has 1 aromatic rings. The van der Waals surface area contributed by atoms with Crippen LogP contribution in [0.3, 0.4) is 0 Å². The summed E-state index contributed by atoms with van der Waals surface area (Å²) in [6.07, 6.45) is 0.231. The number of nitrogens with two attached hydrogens (primary N) is 1. The zero-order valence-corrected chi connectivity index (χ0v) is 9.35. The second-order valence-electron chi connectivity index (χ2n) is 3.10. The quantitative estimate of drug-likeness (QED) is 0.767. The highest BCUT2D eigenvalue weighted by Gasteiger charge is 2.13. The molecule has 0 aliphatic heterocycles. The summed E-state index contributed by atoms with van der Waals surface area (Å²) < 4.78 is 4.56. The zero-order chi connectivity index (χ0) is 10.7. The number of carbonyl (C=O) groups is 1. The largest absolute Gasteiger partial charge is 0.469 e. The molecule has 1 unspecified atom stereocenters. The van der Waals surface area contributed by atoms with E-state index in [4.69, 9.17) is 5.73 Å². The smallest absolute Gasteiger partial charge is 0.312 e. The van der Waals surface area contributed by atoms with E-state index < -0.39 is 0 Å². The molecule has 0 fully saturated rings. The third kappa shape index (κ3) is 2.52. The zero-order valence-electron chi connectivity index (χ0n) is 8.53. The topological polar surface area (TPSA) is 65.2 Å². The molecule has 0 aromatic carbocycles. The summed E-state index contributed by atoms with van der Waals surface area (Å²) in [5.41, 5.74) is 6.65. The van der Waals surface area contributed by atoms with Crippen LogP contribution in [-0.4, -0.2) is 18.1 Å². The highest BCUT2D eigenvalue weighted by atomic mass is 32.1. The summed E-state index contributed by atoms with van der Waals surface area (Å²) in [5.74, 6) is -0.269. The first-order valence-corrected chi connectivity index (χ1v) is 5.14. The minimum absolute atomic E-state index is 0.0288. The van der Waals surface area contributed by atoms with Gasteiger partial charge in [0.1, 0.15) is 5.01 Å². The summed E-state index contributed by atoms with van der Waals surface area (Å²) in [4.78, 5) is 16.3. The Morgan fingerprint density at radius 1 is 1.71 bits per heavy atom. The number of rotatable bonds is 3. The first kappa shape index (κ1) is 11.1. The van der Waals surface area contributed by atoms with Gasteiger partial charge in [0.05, 0.1) is 19.2 Å². The Morgan fingerprint density at radius 2 is 2.36 bits per heavy atom. The number of carbonyl (C=O) groups excluding carboxylic acids is 1. The first-order valence-electron chi connectivity index (χ1n) is 4.33. The van der Waals surface area contributed by atoms with Crippen molar-refractivity contribution >= 4 is 17.3 Å². The van der Waals surface area contributed by atoms with E-state index in [1.54, 1.807) is 0 Å². The average molecular weight is 214 g/mol. The molecule has 14 heavy (non-hydrogen) atoms. The predicted molar refractivity (Wildman–Crippen MR) is 55.2 cm³/mol. The molecular weight excluding hydrogens is 200 g/mol. The molecular formula is C9H14N2O2S. The average Bonchev–Trinajstić information content (AvgIpc) is 2.46. The molecule has 4 nitrogen and oxygen atoms in total. The summed E-state index contributed by atoms with van der Waals surface area (Å²) in [7, 11) is 1.37. The number of hydrogen-bond acceptors (Lipinski definition) is 5. The number of aromatic nitrogens is 1. The van der Waals surface area contributed by atoms with E-state index in [-0.39, 0.29) is 18.4 Å². The lowest BCUT2D eigenvalue weighted by molar-refractivity contribution is -0.139. The van der Waals surface area contributed by atoms with Gasteiger partial charge in [-0.1, -0.05) is 0 Å². The van der Waals surface area contributed by atoms with E-state index in [1.165, 1.54) is 18.4 Å². The van der Waals surface area contributed by atoms with Crippen LogP contribution in [0.25, 0.3) is 0 Å². The van der Waals surface area contributed by atoms with Crippen molar-refractivity contribution in [2.24, 2.45) is 5.73 Å². The molecule has 1 rings (SSSR count). The molecule has 0 aliphatic rings. The fourth-order valence-corrected chi connectivity index (χ4v) is 2.17. The maximum Gasteiger partial charge on any atom is 0.312 e. The van der Waals surface area contributed by atoms with Crippen LogP contribution in [0.2, 0.25) is 0 Å². The van der Waals surface area contributed by atoms with Crippen molar-refractivity contribution in [1.82, 2.24) is 4.98 Å².